The summed E-state index contributed by atoms with van der Waals surface area (Å²) in [5.74, 6) is -0.723. The molecule has 0 fully saturated rings. The Balaban J connectivity index is 1.56. The van der Waals surface area contributed by atoms with Crippen molar-refractivity contribution in [3.8, 4) is 11.5 Å². The minimum atomic E-state index is -4.35. The number of methoxy groups -OCH3 is 2. The van der Waals surface area contributed by atoms with E-state index < -0.39 is 38.3 Å². The Labute approximate surface area is 236 Å². The number of ether oxygens (including phenoxy) is 2. The molecule has 3 aromatic carbocycles. The molecule has 0 bridgehead atoms. The van der Waals surface area contributed by atoms with Crippen LogP contribution in [0.2, 0.25) is 0 Å². The quantitative estimate of drug-likeness (QED) is 0.264. The van der Waals surface area contributed by atoms with Gasteiger partial charge in [0.15, 0.2) is 11.5 Å². The van der Waals surface area contributed by atoms with Crippen molar-refractivity contribution in [3.05, 3.63) is 96.9 Å². The normalized spacial score (nSPS) is 11.4. The molecule has 1 amide bonds. The summed E-state index contributed by atoms with van der Waals surface area (Å²) in [5, 5.41) is 2.55. The zero-order chi connectivity index (χ0) is 29.6. The molecule has 0 aliphatic rings. The van der Waals surface area contributed by atoms with Gasteiger partial charge in [0.25, 0.3) is 20.0 Å². The van der Waals surface area contributed by atoms with Gasteiger partial charge in [0.05, 0.1) is 29.7 Å². The van der Waals surface area contributed by atoms with Crippen molar-refractivity contribution in [2.75, 3.05) is 35.1 Å². The zero-order valence-corrected chi connectivity index (χ0v) is 23.4. The van der Waals surface area contributed by atoms with Crippen molar-refractivity contribution in [1.29, 1.82) is 0 Å². The maximum Gasteiger partial charge on any atom is 0.264 e. The minimum Gasteiger partial charge on any atom is -0.493 e. The third-order valence-corrected chi connectivity index (χ3v) is 8.84. The van der Waals surface area contributed by atoms with Crippen LogP contribution in [0.4, 0.5) is 21.6 Å². The van der Waals surface area contributed by atoms with E-state index >= 15 is 0 Å². The lowest BCUT2D eigenvalue weighted by Gasteiger charge is -2.24. The highest BCUT2D eigenvalue weighted by molar-refractivity contribution is 7.93. The van der Waals surface area contributed by atoms with E-state index in [0.29, 0.717) is 5.75 Å². The highest BCUT2D eigenvalue weighted by Crippen LogP contribution is 2.32. The lowest BCUT2D eigenvalue weighted by Crippen LogP contribution is -2.38. The molecular formula is C27H25FN4O7S2. The van der Waals surface area contributed by atoms with E-state index in [9.17, 15) is 26.0 Å². The molecule has 11 nitrogen and oxygen atoms in total. The molecule has 41 heavy (non-hydrogen) atoms. The SMILES string of the molecule is COc1ccc(S(=O)(=O)N(CC(=O)Nc2ccc(S(=O)(=O)Nc3ccccn3)cc2)c2ccc(F)cc2)cc1OC. The fourth-order valence-corrected chi connectivity index (χ4v) is 6.14. The molecule has 0 unspecified atom stereocenters. The lowest BCUT2D eigenvalue weighted by atomic mass is 10.3. The molecule has 0 radical (unpaired) electrons. The van der Waals surface area contributed by atoms with Crippen LogP contribution in [0.5, 0.6) is 11.5 Å². The maximum absolute atomic E-state index is 13.7. The molecule has 0 aliphatic carbocycles. The molecule has 0 saturated carbocycles. The Morgan fingerprint density at radius 1 is 0.854 bits per heavy atom. The number of pyridine rings is 1. The number of nitrogens with zero attached hydrogens (tertiary/aromatic N) is 2. The summed E-state index contributed by atoms with van der Waals surface area (Å²) in [7, 11) is -5.53. The van der Waals surface area contributed by atoms with E-state index in [1.165, 1.54) is 81.1 Å². The fraction of sp³-hybridized carbons (Fsp3) is 0.111. The number of halogens is 1. The highest BCUT2D eigenvalue weighted by Gasteiger charge is 2.28. The number of hydrogen-bond donors (Lipinski definition) is 2. The van der Waals surface area contributed by atoms with Crippen LogP contribution in [-0.2, 0) is 24.8 Å². The number of carbonyl (C=O) groups is 1. The first-order chi connectivity index (χ1) is 19.5. The molecule has 0 atom stereocenters. The number of amides is 1. The van der Waals surface area contributed by atoms with Crippen LogP contribution >= 0.6 is 0 Å². The Bertz CT molecular complexity index is 1740. The van der Waals surface area contributed by atoms with E-state index in [4.69, 9.17) is 9.47 Å². The number of anilines is 3. The largest absolute Gasteiger partial charge is 0.493 e. The van der Waals surface area contributed by atoms with Crippen LogP contribution in [0.15, 0.2) is 101 Å². The van der Waals surface area contributed by atoms with Crippen molar-refractivity contribution < 1.29 is 35.5 Å². The third-order valence-electron chi connectivity index (χ3n) is 5.70. The predicted molar refractivity (Wildman–Crippen MR) is 151 cm³/mol. The van der Waals surface area contributed by atoms with Crippen LogP contribution < -0.4 is 23.8 Å². The number of benzene rings is 3. The summed E-state index contributed by atoms with van der Waals surface area (Å²) < 4.78 is 79.7. The topological polar surface area (TPSA) is 144 Å². The summed E-state index contributed by atoms with van der Waals surface area (Å²) in [5.41, 5.74) is 0.257. The molecule has 0 saturated heterocycles. The van der Waals surface area contributed by atoms with E-state index in [0.717, 1.165) is 16.4 Å². The number of aromatic nitrogens is 1. The highest BCUT2D eigenvalue weighted by atomic mass is 32.2. The molecule has 4 rings (SSSR count). The van der Waals surface area contributed by atoms with Crippen LogP contribution in [0.3, 0.4) is 0 Å². The van der Waals surface area contributed by atoms with Crippen molar-refractivity contribution in [1.82, 2.24) is 4.98 Å². The van der Waals surface area contributed by atoms with E-state index in [1.54, 1.807) is 12.1 Å². The third kappa shape index (κ3) is 6.91. The predicted octanol–water partition coefficient (Wildman–Crippen LogP) is 3.87. The molecule has 1 heterocycles. The van der Waals surface area contributed by atoms with Crippen molar-refractivity contribution >= 4 is 43.1 Å². The smallest absolute Gasteiger partial charge is 0.264 e. The number of hydrogen-bond acceptors (Lipinski definition) is 8. The van der Waals surface area contributed by atoms with E-state index in [2.05, 4.69) is 15.0 Å². The summed E-state index contributed by atoms with van der Waals surface area (Å²) >= 11 is 0. The summed E-state index contributed by atoms with van der Waals surface area (Å²) in [6, 6.07) is 18.6. The summed E-state index contributed by atoms with van der Waals surface area (Å²) in [6.07, 6.45) is 1.44. The van der Waals surface area contributed by atoms with Gasteiger partial charge in [0.1, 0.15) is 18.2 Å². The van der Waals surface area contributed by atoms with Crippen LogP contribution in [-0.4, -0.2) is 48.5 Å². The first kappa shape index (κ1) is 29.3. The van der Waals surface area contributed by atoms with Gasteiger partial charge in [-0.1, -0.05) is 6.07 Å². The van der Waals surface area contributed by atoms with Crippen molar-refractivity contribution in [2.45, 2.75) is 9.79 Å². The second kappa shape index (κ2) is 12.2. The molecule has 0 spiro atoms. The van der Waals surface area contributed by atoms with Gasteiger partial charge in [-0.25, -0.2) is 26.2 Å². The Hall–Kier alpha value is -4.69. The Morgan fingerprint density at radius 2 is 1.51 bits per heavy atom. The van der Waals surface area contributed by atoms with Gasteiger partial charge in [0.2, 0.25) is 5.91 Å². The van der Waals surface area contributed by atoms with Gasteiger partial charge >= 0.3 is 0 Å². The Kier molecular flexibility index (Phi) is 8.74. The second-order valence-electron chi connectivity index (χ2n) is 8.40. The lowest BCUT2D eigenvalue weighted by molar-refractivity contribution is -0.114. The number of sulfonamides is 2. The van der Waals surface area contributed by atoms with Gasteiger partial charge in [-0.15, -0.1) is 0 Å². The standard InChI is InChI=1S/C27H25FN4O7S2/c1-38-24-15-14-23(17-25(24)39-2)41(36,37)32(21-10-6-19(28)7-11-21)18-27(33)30-20-8-12-22(13-9-20)40(34,35)31-26-5-3-4-16-29-26/h3-17H,18H2,1-2H3,(H,29,31)(H,30,33). The summed E-state index contributed by atoms with van der Waals surface area (Å²) in [6.45, 7) is -0.677. The van der Waals surface area contributed by atoms with E-state index in [1.807, 2.05) is 0 Å². The second-order valence-corrected chi connectivity index (χ2v) is 11.9. The maximum atomic E-state index is 13.7. The van der Waals surface area contributed by atoms with E-state index in [-0.39, 0.29) is 32.7 Å². The number of carbonyl (C=O) groups excluding carboxylic acids is 1. The van der Waals surface area contributed by atoms with Gasteiger partial charge in [0, 0.05) is 18.0 Å². The molecule has 1 aromatic heterocycles. The summed E-state index contributed by atoms with van der Waals surface area (Å²) in [4.78, 5) is 16.7. The van der Waals surface area contributed by atoms with Gasteiger partial charge < -0.3 is 14.8 Å². The molecule has 2 N–H and O–H groups in total. The van der Waals surface area contributed by atoms with Crippen molar-refractivity contribution in [2.24, 2.45) is 0 Å². The molecule has 0 aliphatic heterocycles. The molecule has 214 valence electrons. The molecule has 14 heteroatoms. The van der Waals surface area contributed by atoms with Gasteiger partial charge in [-0.3, -0.25) is 13.8 Å². The van der Waals surface area contributed by atoms with Gasteiger partial charge in [-0.2, -0.15) is 0 Å². The minimum absolute atomic E-state index is 0.0402. The Morgan fingerprint density at radius 3 is 2.12 bits per heavy atom. The molecule has 4 aromatic rings. The van der Waals surface area contributed by atoms with Crippen LogP contribution in [0.25, 0.3) is 0 Å². The molecular weight excluding hydrogens is 575 g/mol. The number of nitrogens with one attached hydrogen (secondary N) is 2. The van der Waals surface area contributed by atoms with Crippen LogP contribution in [0, 0.1) is 5.82 Å². The van der Waals surface area contributed by atoms with Crippen LogP contribution in [0.1, 0.15) is 0 Å². The monoisotopic (exact) mass is 600 g/mol. The average molecular weight is 601 g/mol. The first-order valence-corrected chi connectivity index (χ1v) is 14.8. The van der Waals surface area contributed by atoms with Crippen molar-refractivity contribution in [3.63, 3.8) is 0 Å². The zero-order valence-electron chi connectivity index (χ0n) is 21.8. The number of rotatable bonds is 11. The van der Waals surface area contributed by atoms with Gasteiger partial charge in [-0.05, 0) is 72.8 Å². The first-order valence-electron chi connectivity index (χ1n) is 11.9. The fourth-order valence-electron chi connectivity index (χ4n) is 3.69. The average Bonchev–Trinajstić information content (AvgIpc) is 2.96.